The monoisotopic (exact) mass is 329 g/mol. The summed E-state index contributed by atoms with van der Waals surface area (Å²) in [6.07, 6.45) is 4.56. The molecule has 1 heterocycles. The smallest absolute Gasteiger partial charge is 0.230 e. The highest BCUT2D eigenvalue weighted by molar-refractivity contribution is 8.00. The average molecular weight is 329 g/mol. The Kier molecular flexibility index (Phi) is 3.96. The minimum absolute atomic E-state index is 0.0386. The second-order valence-corrected chi connectivity index (χ2v) is 8.70. The quantitative estimate of drug-likeness (QED) is 0.784. The fourth-order valence-electron chi connectivity index (χ4n) is 4.41. The highest BCUT2D eigenvalue weighted by Crippen LogP contribution is 2.44. The Hall–Kier alpha value is -1.29. The Labute approximate surface area is 141 Å². The fraction of sp³-hybridized carbons (Fsp3) is 0.579. The summed E-state index contributed by atoms with van der Waals surface area (Å²) in [6, 6.07) is 8.26. The Morgan fingerprint density at radius 2 is 1.83 bits per heavy atom. The molecule has 2 saturated carbocycles. The Bertz CT molecular complexity index is 628. The summed E-state index contributed by atoms with van der Waals surface area (Å²) in [6.45, 7) is 3.03. The number of thioether (sulfide) groups is 1. The molecule has 3 aliphatic rings. The third-order valence-corrected chi connectivity index (χ3v) is 6.90. The van der Waals surface area contributed by atoms with Gasteiger partial charge in [-0.3, -0.25) is 9.59 Å². The lowest BCUT2D eigenvalue weighted by molar-refractivity contribution is -0.131. The summed E-state index contributed by atoms with van der Waals surface area (Å²) in [5.41, 5.74) is 1.07. The number of anilines is 1. The van der Waals surface area contributed by atoms with Crippen LogP contribution in [0, 0.1) is 17.8 Å². The molecule has 2 aliphatic carbocycles. The Morgan fingerprint density at radius 3 is 2.57 bits per heavy atom. The number of fused-ring (bicyclic) bond motifs is 3. The van der Waals surface area contributed by atoms with Gasteiger partial charge < -0.3 is 4.90 Å². The first kappa shape index (κ1) is 15.3. The molecule has 1 aliphatic heterocycles. The summed E-state index contributed by atoms with van der Waals surface area (Å²) in [5, 5.41) is 0.526. The molecule has 3 atom stereocenters. The topological polar surface area (TPSA) is 37.4 Å². The second-order valence-electron chi connectivity index (χ2n) is 7.22. The van der Waals surface area contributed by atoms with Gasteiger partial charge in [-0.25, -0.2) is 0 Å². The SMILES string of the molecule is CC1CCN(C(=O)C2CC3CCC(C2)C3=O)c2ccccc2S1. The van der Waals surface area contributed by atoms with E-state index in [0.717, 1.165) is 44.3 Å². The molecule has 3 nitrogen and oxygen atoms in total. The molecule has 0 radical (unpaired) electrons. The highest BCUT2D eigenvalue weighted by Gasteiger charge is 2.44. The van der Waals surface area contributed by atoms with Gasteiger partial charge in [0.15, 0.2) is 0 Å². The number of hydrogen-bond donors (Lipinski definition) is 0. The summed E-state index contributed by atoms with van der Waals surface area (Å²) in [5.74, 6) is 1.01. The molecule has 4 heteroatoms. The standard InChI is InChI=1S/C19H23NO2S/c1-12-8-9-20(16-4-2-3-5-17(16)23-12)19(22)15-10-13-6-7-14(11-15)18(13)21/h2-5,12-15H,6-11H2,1H3. The summed E-state index contributed by atoms with van der Waals surface area (Å²) >= 11 is 1.87. The maximum absolute atomic E-state index is 13.2. The normalized spacial score (nSPS) is 33.3. The van der Waals surface area contributed by atoms with E-state index < -0.39 is 0 Å². The van der Waals surface area contributed by atoms with Crippen LogP contribution >= 0.6 is 11.8 Å². The largest absolute Gasteiger partial charge is 0.311 e. The van der Waals surface area contributed by atoms with Gasteiger partial charge in [0.25, 0.3) is 0 Å². The number of para-hydroxylation sites is 1. The lowest BCUT2D eigenvalue weighted by atomic mass is 9.79. The Morgan fingerprint density at radius 1 is 1.13 bits per heavy atom. The van der Waals surface area contributed by atoms with E-state index in [4.69, 9.17) is 0 Å². The molecule has 0 aromatic heterocycles. The predicted octanol–water partition coefficient (Wildman–Crippen LogP) is 3.91. The van der Waals surface area contributed by atoms with Crippen molar-refractivity contribution in [3.05, 3.63) is 24.3 Å². The molecule has 3 unspecified atom stereocenters. The van der Waals surface area contributed by atoms with Crippen LogP contribution in [-0.2, 0) is 9.59 Å². The lowest BCUT2D eigenvalue weighted by Crippen LogP contribution is -2.41. The minimum atomic E-state index is 0.0386. The molecule has 2 fully saturated rings. The number of carbonyl (C=O) groups is 2. The molecule has 122 valence electrons. The summed E-state index contributed by atoms with van der Waals surface area (Å²) in [7, 11) is 0. The van der Waals surface area contributed by atoms with Crippen molar-refractivity contribution in [3.8, 4) is 0 Å². The van der Waals surface area contributed by atoms with Crippen LogP contribution in [0.4, 0.5) is 5.69 Å². The van der Waals surface area contributed by atoms with Crippen molar-refractivity contribution in [3.63, 3.8) is 0 Å². The van der Waals surface area contributed by atoms with Gasteiger partial charge in [0.2, 0.25) is 5.91 Å². The van der Waals surface area contributed by atoms with E-state index in [2.05, 4.69) is 19.1 Å². The van der Waals surface area contributed by atoms with Gasteiger partial charge in [-0.15, -0.1) is 11.8 Å². The Balaban J connectivity index is 1.60. The van der Waals surface area contributed by atoms with Crippen molar-refractivity contribution < 1.29 is 9.59 Å². The molecule has 0 spiro atoms. The van der Waals surface area contributed by atoms with Crippen LogP contribution in [0.1, 0.15) is 39.0 Å². The number of amides is 1. The van der Waals surface area contributed by atoms with E-state index in [1.807, 2.05) is 28.8 Å². The van der Waals surface area contributed by atoms with Crippen LogP contribution in [0.3, 0.4) is 0 Å². The molecule has 0 N–H and O–H groups in total. The number of rotatable bonds is 1. The molecule has 1 aromatic rings. The second kappa shape index (κ2) is 5.97. The van der Waals surface area contributed by atoms with Crippen LogP contribution in [0.2, 0.25) is 0 Å². The number of hydrogen-bond acceptors (Lipinski definition) is 3. The van der Waals surface area contributed by atoms with Crippen molar-refractivity contribution in [2.24, 2.45) is 17.8 Å². The highest BCUT2D eigenvalue weighted by atomic mass is 32.2. The van der Waals surface area contributed by atoms with E-state index >= 15 is 0 Å². The molecule has 1 aromatic carbocycles. The molecule has 4 rings (SSSR count). The van der Waals surface area contributed by atoms with Crippen LogP contribution in [0.15, 0.2) is 29.2 Å². The third-order valence-electron chi connectivity index (χ3n) is 5.67. The first-order valence-corrected chi connectivity index (χ1v) is 9.62. The predicted molar refractivity (Wildman–Crippen MR) is 92.7 cm³/mol. The van der Waals surface area contributed by atoms with Crippen molar-refractivity contribution in [2.75, 3.05) is 11.4 Å². The molecule has 0 saturated heterocycles. The van der Waals surface area contributed by atoms with Gasteiger partial charge in [0.05, 0.1) is 5.69 Å². The van der Waals surface area contributed by atoms with Gasteiger partial charge in [-0.05, 0) is 44.2 Å². The van der Waals surface area contributed by atoms with Crippen LogP contribution in [-0.4, -0.2) is 23.5 Å². The van der Waals surface area contributed by atoms with Gasteiger partial charge in [-0.1, -0.05) is 19.1 Å². The van der Waals surface area contributed by atoms with Crippen LogP contribution in [0.25, 0.3) is 0 Å². The first-order valence-electron chi connectivity index (χ1n) is 8.74. The van der Waals surface area contributed by atoms with Gasteiger partial charge in [0, 0.05) is 34.4 Å². The maximum atomic E-state index is 13.2. The summed E-state index contributed by atoms with van der Waals surface area (Å²) < 4.78 is 0. The zero-order valence-electron chi connectivity index (χ0n) is 13.5. The van der Waals surface area contributed by atoms with Crippen molar-refractivity contribution in [1.29, 1.82) is 0 Å². The number of benzene rings is 1. The van der Waals surface area contributed by atoms with Crippen molar-refractivity contribution in [1.82, 2.24) is 0 Å². The fourth-order valence-corrected chi connectivity index (χ4v) is 5.52. The van der Waals surface area contributed by atoms with Gasteiger partial charge in [0.1, 0.15) is 5.78 Å². The van der Waals surface area contributed by atoms with E-state index in [0.29, 0.717) is 11.0 Å². The van der Waals surface area contributed by atoms with Gasteiger partial charge >= 0.3 is 0 Å². The van der Waals surface area contributed by atoms with E-state index in [-0.39, 0.29) is 23.7 Å². The maximum Gasteiger partial charge on any atom is 0.230 e. The van der Waals surface area contributed by atoms with E-state index in [1.54, 1.807) is 0 Å². The van der Waals surface area contributed by atoms with E-state index in [9.17, 15) is 9.59 Å². The van der Waals surface area contributed by atoms with Crippen LogP contribution < -0.4 is 4.90 Å². The van der Waals surface area contributed by atoms with Crippen LogP contribution in [0.5, 0.6) is 0 Å². The zero-order valence-corrected chi connectivity index (χ0v) is 14.3. The number of Topliss-reactive ketones (excluding diaryl/α,β-unsaturated/α-hetero) is 1. The summed E-state index contributed by atoms with van der Waals surface area (Å²) in [4.78, 5) is 28.5. The number of carbonyl (C=O) groups excluding carboxylic acids is 2. The van der Waals surface area contributed by atoms with Crippen molar-refractivity contribution in [2.45, 2.75) is 49.2 Å². The van der Waals surface area contributed by atoms with Gasteiger partial charge in [-0.2, -0.15) is 0 Å². The zero-order chi connectivity index (χ0) is 16.0. The molecular weight excluding hydrogens is 306 g/mol. The third kappa shape index (κ3) is 2.71. The number of nitrogens with zero attached hydrogens (tertiary/aromatic N) is 1. The van der Waals surface area contributed by atoms with E-state index in [1.165, 1.54) is 4.90 Å². The lowest BCUT2D eigenvalue weighted by Gasteiger charge is -2.31. The number of ketones is 1. The first-order chi connectivity index (χ1) is 11.1. The minimum Gasteiger partial charge on any atom is -0.311 e. The molecule has 1 amide bonds. The van der Waals surface area contributed by atoms with Crippen molar-refractivity contribution >= 4 is 29.1 Å². The molecule has 2 bridgehead atoms. The average Bonchev–Trinajstić information content (AvgIpc) is 2.74. The molecular formula is C19H23NO2S. The molecule has 23 heavy (non-hydrogen) atoms.